The largest absolute Gasteiger partial charge is 0.489 e. The first kappa shape index (κ1) is 21.1. The number of halogens is 1. The smallest absolute Gasteiger partial charge is 0.319 e. The summed E-state index contributed by atoms with van der Waals surface area (Å²) in [5, 5.41) is 5.33. The van der Waals surface area contributed by atoms with E-state index in [1.54, 1.807) is 7.11 Å². The normalized spacial score (nSPS) is 10.0. The maximum atomic E-state index is 13.5. The first-order valence-corrected chi connectivity index (χ1v) is 8.73. The summed E-state index contributed by atoms with van der Waals surface area (Å²) in [6, 6.07) is 10.9. The molecule has 0 unspecified atom stereocenters. The summed E-state index contributed by atoms with van der Waals surface area (Å²) >= 11 is 0. The molecule has 0 fully saturated rings. The molecule has 0 saturated heterocycles. The van der Waals surface area contributed by atoms with Crippen LogP contribution in [0, 0.1) is 18.2 Å². The lowest BCUT2D eigenvalue weighted by Gasteiger charge is -2.13. The zero-order chi connectivity index (χ0) is 20.2. The molecular weight excluding hydrogens is 363 g/mol. The van der Waals surface area contributed by atoms with Crippen molar-refractivity contribution >= 4 is 11.7 Å². The van der Waals surface area contributed by atoms with Crippen molar-refractivity contribution < 1.29 is 23.4 Å². The number of anilines is 1. The van der Waals surface area contributed by atoms with E-state index in [1.807, 2.05) is 24.3 Å². The van der Waals surface area contributed by atoms with Gasteiger partial charge in [0.2, 0.25) is 0 Å². The third-order valence-electron chi connectivity index (χ3n) is 3.68. The third-order valence-corrected chi connectivity index (χ3v) is 3.68. The van der Waals surface area contributed by atoms with Gasteiger partial charge in [-0.2, -0.15) is 0 Å². The van der Waals surface area contributed by atoms with Crippen LogP contribution in [0.4, 0.5) is 14.9 Å². The number of benzene rings is 2. The van der Waals surface area contributed by atoms with Gasteiger partial charge in [0, 0.05) is 19.7 Å². The minimum absolute atomic E-state index is 0.221. The number of urea groups is 1. The molecule has 0 radical (unpaired) electrons. The number of terminal acetylenes is 1. The SMILES string of the molecule is C#CCOc1ccc(CCNC(=O)Nc2cc(F)ccc2OCCOC)cc1. The zero-order valence-corrected chi connectivity index (χ0v) is 15.7. The fourth-order valence-electron chi connectivity index (χ4n) is 2.32. The standard InChI is InChI=1S/C21H23FN2O4/c1-3-12-27-18-7-4-16(5-8-18)10-11-23-21(25)24-19-15-17(22)6-9-20(19)28-14-13-26-2/h1,4-9,15H,10-14H2,2H3,(H2,23,24,25). The van der Waals surface area contributed by atoms with Crippen LogP contribution in [0.5, 0.6) is 11.5 Å². The summed E-state index contributed by atoms with van der Waals surface area (Å²) in [5.41, 5.74) is 1.28. The van der Waals surface area contributed by atoms with Gasteiger partial charge < -0.3 is 24.8 Å². The lowest BCUT2D eigenvalue weighted by atomic mass is 10.1. The van der Waals surface area contributed by atoms with Crippen molar-refractivity contribution in [2.45, 2.75) is 6.42 Å². The maximum Gasteiger partial charge on any atom is 0.319 e. The Bertz CT molecular complexity index is 803. The Morgan fingerprint density at radius 3 is 2.64 bits per heavy atom. The topological polar surface area (TPSA) is 68.8 Å². The summed E-state index contributed by atoms with van der Waals surface area (Å²) in [7, 11) is 1.55. The van der Waals surface area contributed by atoms with E-state index in [0.717, 1.165) is 5.56 Å². The Kier molecular flexibility index (Phi) is 8.63. The third kappa shape index (κ3) is 7.17. The van der Waals surface area contributed by atoms with Gasteiger partial charge in [0.25, 0.3) is 0 Å². The molecule has 2 amide bonds. The molecule has 0 aromatic heterocycles. The van der Waals surface area contributed by atoms with Gasteiger partial charge in [0.05, 0.1) is 12.3 Å². The van der Waals surface area contributed by atoms with E-state index in [0.29, 0.717) is 37.7 Å². The number of amides is 2. The number of rotatable bonds is 10. The van der Waals surface area contributed by atoms with E-state index in [-0.39, 0.29) is 12.3 Å². The van der Waals surface area contributed by atoms with Gasteiger partial charge in [-0.05, 0) is 36.2 Å². The average molecular weight is 386 g/mol. The molecule has 0 spiro atoms. The van der Waals surface area contributed by atoms with Crippen molar-refractivity contribution in [2.24, 2.45) is 0 Å². The van der Waals surface area contributed by atoms with Crippen LogP contribution in [-0.4, -0.2) is 39.5 Å². The number of hydrogen-bond acceptors (Lipinski definition) is 4. The average Bonchev–Trinajstić information content (AvgIpc) is 2.69. The highest BCUT2D eigenvalue weighted by atomic mass is 19.1. The van der Waals surface area contributed by atoms with Crippen LogP contribution in [0.1, 0.15) is 5.56 Å². The molecule has 2 aromatic rings. The molecule has 2 rings (SSSR count). The molecule has 0 heterocycles. The number of carbonyl (C=O) groups excluding carboxylic acids is 1. The Hall–Kier alpha value is -3.24. The quantitative estimate of drug-likeness (QED) is 0.486. The molecule has 28 heavy (non-hydrogen) atoms. The molecule has 0 aliphatic carbocycles. The van der Waals surface area contributed by atoms with E-state index >= 15 is 0 Å². The van der Waals surface area contributed by atoms with Gasteiger partial charge in [-0.1, -0.05) is 18.1 Å². The first-order chi connectivity index (χ1) is 13.6. The van der Waals surface area contributed by atoms with Crippen molar-refractivity contribution in [3.05, 3.63) is 53.8 Å². The highest BCUT2D eigenvalue weighted by Gasteiger charge is 2.09. The molecule has 2 aromatic carbocycles. The molecule has 0 aliphatic heterocycles. The van der Waals surface area contributed by atoms with Crippen LogP contribution < -0.4 is 20.1 Å². The summed E-state index contributed by atoms with van der Waals surface area (Å²) < 4.78 is 29.2. The van der Waals surface area contributed by atoms with Crippen molar-refractivity contribution in [1.82, 2.24) is 5.32 Å². The fourth-order valence-corrected chi connectivity index (χ4v) is 2.32. The number of nitrogens with one attached hydrogen (secondary N) is 2. The number of ether oxygens (including phenoxy) is 3. The van der Waals surface area contributed by atoms with Crippen LogP contribution in [0.2, 0.25) is 0 Å². The Morgan fingerprint density at radius 1 is 1.14 bits per heavy atom. The molecule has 148 valence electrons. The number of methoxy groups -OCH3 is 1. The van der Waals surface area contributed by atoms with Crippen molar-refractivity contribution in [1.29, 1.82) is 0 Å². The van der Waals surface area contributed by atoms with Crippen LogP contribution >= 0.6 is 0 Å². The number of hydrogen-bond donors (Lipinski definition) is 2. The monoisotopic (exact) mass is 386 g/mol. The predicted octanol–water partition coefficient (Wildman–Crippen LogP) is 3.23. The zero-order valence-electron chi connectivity index (χ0n) is 15.7. The maximum absolute atomic E-state index is 13.5. The second-order valence-electron chi connectivity index (χ2n) is 5.75. The second kappa shape index (κ2) is 11.5. The van der Waals surface area contributed by atoms with E-state index in [1.165, 1.54) is 18.2 Å². The molecule has 6 nitrogen and oxygen atoms in total. The molecular formula is C21H23FN2O4. The minimum Gasteiger partial charge on any atom is -0.489 e. The van der Waals surface area contributed by atoms with Crippen LogP contribution in [-0.2, 0) is 11.2 Å². The van der Waals surface area contributed by atoms with Crippen LogP contribution in [0.25, 0.3) is 0 Å². The molecule has 7 heteroatoms. The molecule has 0 atom stereocenters. The Morgan fingerprint density at radius 2 is 1.93 bits per heavy atom. The first-order valence-electron chi connectivity index (χ1n) is 8.73. The van der Waals surface area contributed by atoms with Gasteiger partial charge in [0.1, 0.15) is 30.5 Å². The predicted molar refractivity (Wildman–Crippen MR) is 105 cm³/mol. The summed E-state index contributed by atoms with van der Waals surface area (Å²) in [5.74, 6) is 3.00. The van der Waals surface area contributed by atoms with E-state index in [9.17, 15) is 9.18 Å². The molecule has 0 aliphatic rings. The molecule has 2 N–H and O–H groups in total. The van der Waals surface area contributed by atoms with Crippen LogP contribution in [0.15, 0.2) is 42.5 Å². The fraction of sp³-hybridized carbons (Fsp3) is 0.286. The van der Waals surface area contributed by atoms with E-state index in [4.69, 9.17) is 20.6 Å². The van der Waals surface area contributed by atoms with Gasteiger partial charge in [-0.25, -0.2) is 9.18 Å². The van der Waals surface area contributed by atoms with Crippen LogP contribution in [0.3, 0.4) is 0 Å². The van der Waals surface area contributed by atoms with Crippen molar-refractivity contribution in [3.8, 4) is 23.8 Å². The van der Waals surface area contributed by atoms with Gasteiger partial charge >= 0.3 is 6.03 Å². The molecule has 0 saturated carbocycles. The molecule has 0 bridgehead atoms. The summed E-state index contributed by atoms with van der Waals surface area (Å²) in [6.07, 6.45) is 5.78. The lowest BCUT2D eigenvalue weighted by Crippen LogP contribution is -2.30. The number of carbonyl (C=O) groups is 1. The second-order valence-corrected chi connectivity index (χ2v) is 5.75. The Labute approximate surface area is 164 Å². The Balaban J connectivity index is 1.82. The minimum atomic E-state index is -0.471. The van der Waals surface area contributed by atoms with Gasteiger partial charge in [0.15, 0.2) is 0 Å². The van der Waals surface area contributed by atoms with E-state index in [2.05, 4.69) is 16.6 Å². The van der Waals surface area contributed by atoms with Gasteiger partial charge in [-0.3, -0.25) is 0 Å². The van der Waals surface area contributed by atoms with Crippen molar-refractivity contribution in [2.75, 3.05) is 38.8 Å². The lowest BCUT2D eigenvalue weighted by molar-refractivity contribution is 0.146. The van der Waals surface area contributed by atoms with Gasteiger partial charge in [-0.15, -0.1) is 6.42 Å². The summed E-state index contributed by atoms with van der Waals surface area (Å²) in [6.45, 7) is 1.30. The summed E-state index contributed by atoms with van der Waals surface area (Å²) in [4.78, 5) is 12.1. The highest BCUT2D eigenvalue weighted by Crippen LogP contribution is 2.25. The highest BCUT2D eigenvalue weighted by molar-refractivity contribution is 5.90. The van der Waals surface area contributed by atoms with E-state index < -0.39 is 11.8 Å². The van der Waals surface area contributed by atoms with Crippen molar-refractivity contribution in [3.63, 3.8) is 0 Å².